The Morgan fingerprint density at radius 1 is 1.18 bits per heavy atom. The van der Waals surface area contributed by atoms with E-state index in [0.29, 0.717) is 5.92 Å². The van der Waals surface area contributed by atoms with Gasteiger partial charge in [0, 0.05) is 38.4 Å². The van der Waals surface area contributed by atoms with Crippen molar-refractivity contribution in [3.8, 4) is 0 Å². The molecular formula is C17H23N3O2. The van der Waals surface area contributed by atoms with Crippen molar-refractivity contribution in [2.45, 2.75) is 32.5 Å². The Hall–Kier alpha value is -1.59. The highest BCUT2D eigenvalue weighted by atomic mass is 16.5. The van der Waals surface area contributed by atoms with Gasteiger partial charge in [-0.1, -0.05) is 0 Å². The molecule has 0 aromatic carbocycles. The summed E-state index contributed by atoms with van der Waals surface area (Å²) in [4.78, 5) is 2.44. The lowest BCUT2D eigenvalue weighted by atomic mass is 10.1. The lowest BCUT2D eigenvalue weighted by molar-refractivity contribution is 0.0685. The average molecular weight is 301 g/mol. The number of ether oxygens (including phenoxy) is 1. The summed E-state index contributed by atoms with van der Waals surface area (Å²) in [7, 11) is 0. The maximum Gasteiger partial charge on any atom is 0.117 e. The summed E-state index contributed by atoms with van der Waals surface area (Å²) in [6.07, 6.45) is 6.33. The highest BCUT2D eigenvalue weighted by Crippen LogP contribution is 2.29. The quantitative estimate of drug-likeness (QED) is 0.822. The van der Waals surface area contributed by atoms with Crippen LogP contribution in [0, 0.1) is 11.8 Å². The topological polar surface area (TPSA) is 43.4 Å². The van der Waals surface area contributed by atoms with Crippen molar-refractivity contribution < 1.29 is 9.15 Å². The molecule has 1 fully saturated rings. The van der Waals surface area contributed by atoms with E-state index < -0.39 is 0 Å². The molecule has 22 heavy (non-hydrogen) atoms. The normalized spacial score (nSPS) is 22.5. The molecule has 0 bridgehead atoms. The average Bonchev–Trinajstić information content (AvgIpc) is 3.06. The predicted octanol–water partition coefficient (Wildman–Crippen LogP) is 2.53. The van der Waals surface area contributed by atoms with Crippen LogP contribution in [0.15, 0.2) is 35.1 Å². The first-order valence-electron chi connectivity index (χ1n) is 8.20. The van der Waals surface area contributed by atoms with E-state index in [9.17, 15) is 0 Å². The van der Waals surface area contributed by atoms with Crippen molar-refractivity contribution in [1.29, 1.82) is 0 Å². The minimum Gasteiger partial charge on any atom is -0.468 e. The van der Waals surface area contributed by atoms with E-state index in [1.54, 1.807) is 6.26 Å². The standard InChI is InChI=1S/C17H23N3O2/c1-2-17(22-7-1)11-19-8-15(13-21-12-14-3-4-14)9-20-16(10-19)5-6-18-20/h1-2,5-7,14-15H,3-4,8-13H2/t15-/m1/s1. The largest absolute Gasteiger partial charge is 0.468 e. The number of nitrogens with zero attached hydrogens (tertiary/aromatic N) is 3. The maximum atomic E-state index is 5.94. The molecule has 3 heterocycles. The first-order chi connectivity index (χ1) is 10.9. The Morgan fingerprint density at radius 3 is 2.91 bits per heavy atom. The van der Waals surface area contributed by atoms with Gasteiger partial charge in [-0.3, -0.25) is 9.58 Å². The summed E-state index contributed by atoms with van der Waals surface area (Å²) < 4.78 is 13.6. The molecule has 0 amide bonds. The van der Waals surface area contributed by atoms with Crippen LogP contribution < -0.4 is 0 Å². The van der Waals surface area contributed by atoms with Crippen molar-refractivity contribution >= 4 is 0 Å². The van der Waals surface area contributed by atoms with Gasteiger partial charge in [0.25, 0.3) is 0 Å². The van der Waals surface area contributed by atoms with Gasteiger partial charge in [0.15, 0.2) is 0 Å². The molecule has 1 aliphatic heterocycles. The molecule has 2 aliphatic rings. The second-order valence-electron chi connectivity index (χ2n) is 6.60. The van der Waals surface area contributed by atoms with Crippen LogP contribution >= 0.6 is 0 Å². The van der Waals surface area contributed by atoms with Gasteiger partial charge in [-0.2, -0.15) is 5.10 Å². The van der Waals surface area contributed by atoms with Crippen molar-refractivity contribution in [3.63, 3.8) is 0 Å². The Labute approximate surface area is 130 Å². The summed E-state index contributed by atoms with van der Waals surface area (Å²) >= 11 is 0. The lowest BCUT2D eigenvalue weighted by Gasteiger charge is -2.22. The molecule has 0 spiro atoms. The van der Waals surface area contributed by atoms with Crippen molar-refractivity contribution in [1.82, 2.24) is 14.7 Å². The minimum absolute atomic E-state index is 0.481. The Bertz CT molecular complexity index is 589. The first-order valence-corrected chi connectivity index (χ1v) is 8.20. The third-order valence-corrected chi connectivity index (χ3v) is 4.50. The Balaban J connectivity index is 1.42. The molecule has 1 aliphatic carbocycles. The molecular weight excluding hydrogens is 278 g/mol. The van der Waals surface area contributed by atoms with Crippen LogP contribution in [0.5, 0.6) is 0 Å². The van der Waals surface area contributed by atoms with Crippen LogP contribution in [0.4, 0.5) is 0 Å². The number of hydrogen-bond acceptors (Lipinski definition) is 4. The summed E-state index contributed by atoms with van der Waals surface area (Å²) in [5.74, 6) is 2.32. The predicted molar refractivity (Wildman–Crippen MR) is 82.1 cm³/mol. The number of furan rings is 1. The van der Waals surface area contributed by atoms with Crippen molar-refractivity contribution in [3.05, 3.63) is 42.1 Å². The third kappa shape index (κ3) is 3.42. The van der Waals surface area contributed by atoms with E-state index in [0.717, 1.165) is 51.1 Å². The van der Waals surface area contributed by atoms with Gasteiger partial charge in [0.2, 0.25) is 0 Å². The van der Waals surface area contributed by atoms with Crippen LogP contribution in [0.3, 0.4) is 0 Å². The van der Waals surface area contributed by atoms with E-state index >= 15 is 0 Å². The lowest BCUT2D eigenvalue weighted by Crippen LogP contribution is -2.30. The number of rotatable bonds is 6. The fraction of sp³-hybridized carbons (Fsp3) is 0.588. The number of hydrogen-bond donors (Lipinski definition) is 0. The van der Waals surface area contributed by atoms with E-state index in [-0.39, 0.29) is 0 Å². The van der Waals surface area contributed by atoms with Gasteiger partial charge >= 0.3 is 0 Å². The van der Waals surface area contributed by atoms with E-state index in [2.05, 4.69) is 20.7 Å². The maximum absolute atomic E-state index is 5.94. The number of fused-ring (bicyclic) bond motifs is 1. The van der Waals surface area contributed by atoms with Gasteiger partial charge in [0.05, 0.1) is 25.1 Å². The molecule has 2 aromatic rings. The summed E-state index contributed by atoms with van der Waals surface area (Å²) in [5, 5.41) is 4.47. The third-order valence-electron chi connectivity index (χ3n) is 4.50. The smallest absolute Gasteiger partial charge is 0.117 e. The molecule has 1 atom stereocenters. The van der Waals surface area contributed by atoms with Gasteiger partial charge < -0.3 is 9.15 Å². The molecule has 4 rings (SSSR count). The Kier molecular flexibility index (Phi) is 3.99. The molecule has 0 radical (unpaired) electrons. The molecule has 0 N–H and O–H groups in total. The van der Waals surface area contributed by atoms with Crippen LogP contribution in [0.25, 0.3) is 0 Å². The highest BCUT2D eigenvalue weighted by molar-refractivity contribution is 5.04. The van der Waals surface area contributed by atoms with E-state index in [4.69, 9.17) is 9.15 Å². The summed E-state index contributed by atoms with van der Waals surface area (Å²) in [6, 6.07) is 6.11. The van der Waals surface area contributed by atoms with Gasteiger partial charge in [-0.25, -0.2) is 0 Å². The van der Waals surface area contributed by atoms with Crippen LogP contribution in [-0.2, 0) is 24.4 Å². The monoisotopic (exact) mass is 301 g/mol. The molecule has 0 unspecified atom stereocenters. The van der Waals surface area contributed by atoms with E-state index in [1.807, 2.05) is 18.3 Å². The second-order valence-corrected chi connectivity index (χ2v) is 6.60. The zero-order valence-corrected chi connectivity index (χ0v) is 12.9. The molecule has 5 heteroatoms. The molecule has 118 valence electrons. The van der Waals surface area contributed by atoms with Gasteiger partial charge in [-0.15, -0.1) is 0 Å². The highest BCUT2D eigenvalue weighted by Gasteiger charge is 2.25. The molecule has 1 saturated carbocycles. The fourth-order valence-corrected chi connectivity index (χ4v) is 3.15. The number of aromatic nitrogens is 2. The minimum atomic E-state index is 0.481. The molecule has 2 aromatic heterocycles. The Morgan fingerprint density at radius 2 is 2.09 bits per heavy atom. The van der Waals surface area contributed by atoms with Crippen LogP contribution in [0.2, 0.25) is 0 Å². The second kappa shape index (κ2) is 6.26. The van der Waals surface area contributed by atoms with Gasteiger partial charge in [-0.05, 0) is 37.0 Å². The molecule has 0 saturated heterocycles. The van der Waals surface area contributed by atoms with Crippen molar-refractivity contribution in [2.24, 2.45) is 11.8 Å². The van der Waals surface area contributed by atoms with Crippen molar-refractivity contribution in [2.75, 3.05) is 19.8 Å². The molecule has 5 nitrogen and oxygen atoms in total. The zero-order chi connectivity index (χ0) is 14.8. The SMILES string of the molecule is c1coc(CN2Cc3ccnn3C[C@H](COCC3CC3)C2)c1. The summed E-state index contributed by atoms with van der Waals surface area (Å²) in [6.45, 7) is 5.48. The first kappa shape index (κ1) is 14.0. The van der Waals surface area contributed by atoms with Crippen LogP contribution in [0.1, 0.15) is 24.3 Å². The fourth-order valence-electron chi connectivity index (χ4n) is 3.15. The van der Waals surface area contributed by atoms with Crippen LogP contribution in [-0.4, -0.2) is 34.4 Å². The van der Waals surface area contributed by atoms with E-state index in [1.165, 1.54) is 18.5 Å². The summed E-state index contributed by atoms with van der Waals surface area (Å²) in [5.41, 5.74) is 1.27. The van der Waals surface area contributed by atoms with Gasteiger partial charge in [0.1, 0.15) is 5.76 Å². The zero-order valence-electron chi connectivity index (χ0n) is 12.9.